The summed E-state index contributed by atoms with van der Waals surface area (Å²) < 4.78 is 7.96. The third-order valence-corrected chi connectivity index (χ3v) is 3.96. The van der Waals surface area contributed by atoms with Crippen molar-refractivity contribution in [3.05, 3.63) is 29.0 Å². The van der Waals surface area contributed by atoms with Crippen LogP contribution in [-0.2, 0) is 5.41 Å². The Bertz CT molecular complexity index is 773. The van der Waals surface area contributed by atoms with Gasteiger partial charge in [-0.05, 0) is 34.8 Å². The highest BCUT2D eigenvalue weighted by atomic mass is 79.9. The van der Waals surface area contributed by atoms with Crippen molar-refractivity contribution >= 4 is 21.6 Å². The molecule has 96 valence electrons. The standard InChI is InChI=1S/C12H10BrN5O/c1-12(2-3-12)11-16-9(17-19-11)8-4-7(13)5-18-10(8)14-6-15-18/h4-6H,2-3H2,1H3. The molecule has 3 heterocycles. The lowest BCUT2D eigenvalue weighted by atomic mass is 10.1. The second kappa shape index (κ2) is 3.63. The van der Waals surface area contributed by atoms with E-state index in [0.29, 0.717) is 11.7 Å². The van der Waals surface area contributed by atoms with Crippen LogP contribution in [0.3, 0.4) is 0 Å². The maximum atomic E-state index is 5.38. The first-order valence-electron chi connectivity index (χ1n) is 5.99. The molecule has 4 rings (SSSR count). The van der Waals surface area contributed by atoms with Gasteiger partial charge < -0.3 is 4.52 Å². The van der Waals surface area contributed by atoms with Gasteiger partial charge in [-0.2, -0.15) is 10.1 Å². The zero-order valence-electron chi connectivity index (χ0n) is 10.2. The van der Waals surface area contributed by atoms with Crippen molar-refractivity contribution < 1.29 is 4.52 Å². The number of rotatable bonds is 2. The average molecular weight is 320 g/mol. The molecule has 7 heteroatoms. The molecule has 6 nitrogen and oxygen atoms in total. The molecule has 0 atom stereocenters. The number of hydrogen-bond donors (Lipinski definition) is 0. The first-order valence-corrected chi connectivity index (χ1v) is 6.78. The first-order chi connectivity index (χ1) is 9.16. The van der Waals surface area contributed by atoms with Gasteiger partial charge in [0.1, 0.15) is 6.33 Å². The molecule has 0 aromatic carbocycles. The van der Waals surface area contributed by atoms with E-state index in [1.54, 1.807) is 4.52 Å². The summed E-state index contributed by atoms with van der Waals surface area (Å²) in [6, 6.07) is 1.92. The minimum absolute atomic E-state index is 0.0707. The first kappa shape index (κ1) is 11.1. The van der Waals surface area contributed by atoms with Gasteiger partial charge in [0.05, 0.1) is 5.56 Å². The van der Waals surface area contributed by atoms with Crippen molar-refractivity contribution in [3.63, 3.8) is 0 Å². The van der Waals surface area contributed by atoms with E-state index in [4.69, 9.17) is 4.52 Å². The lowest BCUT2D eigenvalue weighted by molar-refractivity contribution is 0.353. The van der Waals surface area contributed by atoms with Crippen LogP contribution in [0.1, 0.15) is 25.7 Å². The summed E-state index contributed by atoms with van der Waals surface area (Å²) in [7, 11) is 0. The van der Waals surface area contributed by atoms with Crippen molar-refractivity contribution in [1.82, 2.24) is 24.7 Å². The summed E-state index contributed by atoms with van der Waals surface area (Å²) in [6.07, 6.45) is 5.56. The van der Waals surface area contributed by atoms with Gasteiger partial charge in [-0.15, -0.1) is 0 Å². The molecule has 0 N–H and O–H groups in total. The number of nitrogens with zero attached hydrogens (tertiary/aromatic N) is 5. The van der Waals surface area contributed by atoms with Crippen LogP contribution in [0.25, 0.3) is 17.0 Å². The van der Waals surface area contributed by atoms with E-state index >= 15 is 0 Å². The van der Waals surface area contributed by atoms with E-state index in [-0.39, 0.29) is 5.41 Å². The molecule has 0 spiro atoms. The van der Waals surface area contributed by atoms with E-state index in [1.165, 1.54) is 6.33 Å². The molecule has 0 bridgehead atoms. The molecule has 3 aromatic rings. The second-order valence-electron chi connectivity index (χ2n) is 5.08. The predicted molar refractivity (Wildman–Crippen MR) is 70.6 cm³/mol. The molecule has 1 aliphatic rings. The quantitative estimate of drug-likeness (QED) is 0.726. The number of hydrogen-bond acceptors (Lipinski definition) is 5. The molecule has 1 fully saturated rings. The van der Waals surface area contributed by atoms with Crippen LogP contribution in [0.2, 0.25) is 0 Å². The molecule has 3 aromatic heterocycles. The summed E-state index contributed by atoms with van der Waals surface area (Å²) >= 11 is 3.45. The van der Waals surface area contributed by atoms with Crippen molar-refractivity contribution in [2.24, 2.45) is 0 Å². The van der Waals surface area contributed by atoms with Gasteiger partial charge in [0.25, 0.3) is 0 Å². The van der Waals surface area contributed by atoms with Gasteiger partial charge in [0.15, 0.2) is 5.65 Å². The SMILES string of the molecule is CC1(c2nc(-c3cc(Br)cn4ncnc34)no2)CC1. The summed E-state index contributed by atoms with van der Waals surface area (Å²) in [5, 5.41) is 8.20. The van der Waals surface area contributed by atoms with E-state index < -0.39 is 0 Å². The third-order valence-electron chi connectivity index (χ3n) is 3.53. The summed E-state index contributed by atoms with van der Waals surface area (Å²) in [4.78, 5) is 8.74. The maximum Gasteiger partial charge on any atom is 0.232 e. The van der Waals surface area contributed by atoms with Crippen molar-refractivity contribution in [2.75, 3.05) is 0 Å². The van der Waals surface area contributed by atoms with Crippen molar-refractivity contribution in [3.8, 4) is 11.4 Å². The third kappa shape index (κ3) is 1.68. The van der Waals surface area contributed by atoms with E-state index in [0.717, 1.165) is 28.5 Å². The fourth-order valence-electron chi connectivity index (χ4n) is 2.04. The molecule has 0 unspecified atom stereocenters. The van der Waals surface area contributed by atoms with Gasteiger partial charge in [0, 0.05) is 16.1 Å². The van der Waals surface area contributed by atoms with Crippen molar-refractivity contribution in [2.45, 2.75) is 25.2 Å². The Morgan fingerprint density at radius 1 is 1.42 bits per heavy atom. The summed E-state index contributed by atoms with van der Waals surface area (Å²) in [5.41, 5.74) is 1.60. The van der Waals surface area contributed by atoms with Crippen LogP contribution in [0.4, 0.5) is 0 Å². The van der Waals surface area contributed by atoms with Crippen LogP contribution >= 0.6 is 15.9 Å². The maximum absolute atomic E-state index is 5.38. The second-order valence-corrected chi connectivity index (χ2v) is 6.00. The molecule has 1 saturated carbocycles. The smallest absolute Gasteiger partial charge is 0.232 e. The largest absolute Gasteiger partial charge is 0.338 e. The minimum atomic E-state index is 0.0707. The lowest BCUT2D eigenvalue weighted by Gasteiger charge is -1.99. The zero-order valence-corrected chi connectivity index (χ0v) is 11.8. The van der Waals surface area contributed by atoms with Crippen LogP contribution < -0.4 is 0 Å². The summed E-state index contributed by atoms with van der Waals surface area (Å²) in [6.45, 7) is 2.14. The van der Waals surface area contributed by atoms with Crippen LogP contribution in [0, 0.1) is 0 Å². The van der Waals surface area contributed by atoms with Gasteiger partial charge >= 0.3 is 0 Å². The number of fused-ring (bicyclic) bond motifs is 1. The zero-order chi connectivity index (χ0) is 13.0. The van der Waals surface area contributed by atoms with Gasteiger partial charge in [-0.1, -0.05) is 12.1 Å². The van der Waals surface area contributed by atoms with Crippen LogP contribution in [-0.4, -0.2) is 24.7 Å². The Balaban J connectivity index is 1.89. The molecule has 19 heavy (non-hydrogen) atoms. The van der Waals surface area contributed by atoms with Crippen molar-refractivity contribution in [1.29, 1.82) is 0 Å². The Morgan fingerprint density at radius 3 is 3.05 bits per heavy atom. The molecular weight excluding hydrogens is 310 g/mol. The highest BCUT2D eigenvalue weighted by Gasteiger charge is 2.44. The molecular formula is C12H10BrN5O. The van der Waals surface area contributed by atoms with E-state index in [2.05, 4.69) is 43.1 Å². The summed E-state index contributed by atoms with van der Waals surface area (Å²) in [5.74, 6) is 1.27. The minimum Gasteiger partial charge on any atom is -0.338 e. The lowest BCUT2D eigenvalue weighted by Crippen LogP contribution is -1.99. The van der Waals surface area contributed by atoms with E-state index in [1.807, 2.05) is 12.3 Å². The van der Waals surface area contributed by atoms with Crippen LogP contribution in [0.15, 0.2) is 27.6 Å². The predicted octanol–water partition coefficient (Wildman–Crippen LogP) is 2.59. The Morgan fingerprint density at radius 2 is 2.26 bits per heavy atom. The molecule has 1 aliphatic carbocycles. The monoisotopic (exact) mass is 319 g/mol. The normalized spacial score (nSPS) is 16.9. The molecule has 0 saturated heterocycles. The van der Waals surface area contributed by atoms with Gasteiger partial charge in [0.2, 0.25) is 11.7 Å². The van der Waals surface area contributed by atoms with Crippen LogP contribution in [0.5, 0.6) is 0 Å². The highest BCUT2D eigenvalue weighted by molar-refractivity contribution is 9.10. The topological polar surface area (TPSA) is 69.1 Å². The molecule has 0 aliphatic heterocycles. The molecule has 0 amide bonds. The fraction of sp³-hybridized carbons (Fsp3) is 0.333. The number of aromatic nitrogens is 5. The Hall–Kier alpha value is -1.76. The molecule has 0 radical (unpaired) electrons. The van der Waals surface area contributed by atoms with Gasteiger partial charge in [-0.3, -0.25) is 0 Å². The Kier molecular flexibility index (Phi) is 2.12. The fourth-order valence-corrected chi connectivity index (χ4v) is 2.46. The number of pyridine rings is 1. The highest BCUT2D eigenvalue weighted by Crippen LogP contribution is 2.47. The average Bonchev–Trinajstić information content (AvgIpc) is 2.86. The van der Waals surface area contributed by atoms with E-state index in [9.17, 15) is 0 Å². The Labute approximate surface area is 117 Å². The number of halogens is 1. The van der Waals surface area contributed by atoms with Gasteiger partial charge in [-0.25, -0.2) is 9.50 Å².